The molecule has 0 bridgehead atoms. The fourth-order valence-electron chi connectivity index (χ4n) is 2.16. The van der Waals surface area contributed by atoms with Gasteiger partial charge in [0.2, 0.25) is 5.91 Å². The first kappa shape index (κ1) is 14.6. The summed E-state index contributed by atoms with van der Waals surface area (Å²) in [5.41, 5.74) is 0. The fraction of sp³-hybridized carbons (Fsp3) is 0.600. The summed E-state index contributed by atoms with van der Waals surface area (Å²) in [6.07, 6.45) is 4.02. The lowest BCUT2D eigenvalue weighted by Gasteiger charge is -2.24. The van der Waals surface area contributed by atoms with Crippen molar-refractivity contribution < 1.29 is 14.0 Å². The lowest BCUT2D eigenvalue weighted by atomic mass is 10.2. The van der Waals surface area contributed by atoms with E-state index in [9.17, 15) is 9.59 Å². The van der Waals surface area contributed by atoms with E-state index in [1.807, 2.05) is 4.90 Å². The monoisotopic (exact) mass is 278 g/mol. The quantitative estimate of drug-likeness (QED) is 0.830. The van der Waals surface area contributed by atoms with Gasteiger partial charge in [-0.2, -0.15) is 0 Å². The van der Waals surface area contributed by atoms with Gasteiger partial charge in [-0.1, -0.05) is 13.8 Å². The molecular formula is C15H22N2O3. The summed E-state index contributed by atoms with van der Waals surface area (Å²) in [6.45, 7) is 5.37. The average Bonchev–Trinajstić information content (AvgIpc) is 3.08. The molecule has 2 rings (SSSR count). The number of hydrogen-bond donors (Lipinski definition) is 1. The third-order valence-corrected chi connectivity index (χ3v) is 3.24. The molecule has 1 aromatic heterocycles. The summed E-state index contributed by atoms with van der Waals surface area (Å²) in [5.74, 6) is 0.599. The SMILES string of the molecule is CC(C)CN(C(=O)CCNC(=O)c1ccco1)C1CC1. The molecule has 0 unspecified atom stereocenters. The zero-order valence-corrected chi connectivity index (χ0v) is 12.1. The molecule has 0 aromatic carbocycles. The van der Waals surface area contributed by atoms with E-state index in [1.54, 1.807) is 12.1 Å². The second kappa shape index (κ2) is 6.59. The first-order valence-electron chi connectivity index (χ1n) is 7.19. The Morgan fingerprint density at radius 2 is 2.20 bits per heavy atom. The van der Waals surface area contributed by atoms with Crippen molar-refractivity contribution in [3.05, 3.63) is 24.2 Å². The molecule has 2 amide bonds. The standard InChI is InChI=1S/C15H22N2O3/c1-11(2)10-17(12-5-6-12)14(18)7-8-16-15(19)13-4-3-9-20-13/h3-4,9,11-12H,5-8,10H2,1-2H3,(H,16,19). The molecule has 110 valence electrons. The van der Waals surface area contributed by atoms with Crippen LogP contribution < -0.4 is 5.32 Å². The van der Waals surface area contributed by atoms with Crippen molar-refractivity contribution in [3.63, 3.8) is 0 Å². The van der Waals surface area contributed by atoms with Crippen molar-refractivity contribution in [2.75, 3.05) is 13.1 Å². The molecule has 1 fully saturated rings. The van der Waals surface area contributed by atoms with Gasteiger partial charge in [0.15, 0.2) is 5.76 Å². The highest BCUT2D eigenvalue weighted by molar-refractivity contribution is 5.91. The minimum absolute atomic E-state index is 0.126. The van der Waals surface area contributed by atoms with Crippen molar-refractivity contribution in [1.82, 2.24) is 10.2 Å². The van der Waals surface area contributed by atoms with E-state index in [-0.39, 0.29) is 17.6 Å². The molecule has 1 aromatic rings. The zero-order valence-electron chi connectivity index (χ0n) is 12.1. The third-order valence-electron chi connectivity index (χ3n) is 3.24. The summed E-state index contributed by atoms with van der Waals surface area (Å²) < 4.78 is 4.99. The Bertz CT molecular complexity index is 450. The molecule has 1 aliphatic carbocycles. The summed E-state index contributed by atoms with van der Waals surface area (Å²) in [6, 6.07) is 3.69. The number of nitrogens with one attached hydrogen (secondary N) is 1. The van der Waals surface area contributed by atoms with Crippen molar-refractivity contribution in [1.29, 1.82) is 0 Å². The van der Waals surface area contributed by atoms with Gasteiger partial charge in [0, 0.05) is 25.6 Å². The summed E-state index contributed by atoms with van der Waals surface area (Å²) in [7, 11) is 0. The number of furan rings is 1. The number of amides is 2. The van der Waals surface area contributed by atoms with Gasteiger partial charge in [0.25, 0.3) is 5.91 Å². The van der Waals surface area contributed by atoms with Crippen molar-refractivity contribution >= 4 is 11.8 Å². The highest BCUT2D eigenvalue weighted by Gasteiger charge is 2.32. The molecule has 5 heteroatoms. The van der Waals surface area contributed by atoms with Crippen LogP contribution in [-0.4, -0.2) is 35.8 Å². The average molecular weight is 278 g/mol. The van der Waals surface area contributed by atoms with Gasteiger partial charge in [-0.15, -0.1) is 0 Å². The van der Waals surface area contributed by atoms with Crippen molar-refractivity contribution in [2.45, 2.75) is 39.2 Å². The Hall–Kier alpha value is -1.78. The summed E-state index contributed by atoms with van der Waals surface area (Å²) >= 11 is 0. The predicted molar refractivity (Wildman–Crippen MR) is 75.2 cm³/mol. The molecule has 0 atom stereocenters. The van der Waals surface area contributed by atoms with E-state index in [2.05, 4.69) is 19.2 Å². The second-order valence-electron chi connectivity index (χ2n) is 5.65. The number of nitrogens with zero attached hydrogens (tertiary/aromatic N) is 1. The number of rotatable bonds is 7. The fourth-order valence-corrected chi connectivity index (χ4v) is 2.16. The maximum atomic E-state index is 12.2. The smallest absolute Gasteiger partial charge is 0.286 e. The van der Waals surface area contributed by atoms with E-state index in [0.717, 1.165) is 19.4 Å². The largest absolute Gasteiger partial charge is 0.459 e. The minimum Gasteiger partial charge on any atom is -0.459 e. The third kappa shape index (κ3) is 4.11. The van der Waals surface area contributed by atoms with Crippen LogP contribution in [0.15, 0.2) is 22.8 Å². The van der Waals surface area contributed by atoms with Crippen LogP contribution in [0.25, 0.3) is 0 Å². The number of hydrogen-bond acceptors (Lipinski definition) is 3. The zero-order chi connectivity index (χ0) is 14.5. The molecule has 0 spiro atoms. The summed E-state index contributed by atoms with van der Waals surface area (Å²) in [5, 5.41) is 2.70. The molecule has 5 nitrogen and oxygen atoms in total. The van der Waals surface area contributed by atoms with Crippen LogP contribution in [0, 0.1) is 5.92 Å². The van der Waals surface area contributed by atoms with Gasteiger partial charge in [-0.3, -0.25) is 9.59 Å². The Labute approximate surface area is 119 Å². The van der Waals surface area contributed by atoms with E-state index in [0.29, 0.717) is 24.9 Å². The Morgan fingerprint density at radius 1 is 1.45 bits per heavy atom. The van der Waals surface area contributed by atoms with Gasteiger partial charge >= 0.3 is 0 Å². The molecule has 0 radical (unpaired) electrons. The maximum Gasteiger partial charge on any atom is 0.286 e. The first-order valence-corrected chi connectivity index (χ1v) is 7.19. The molecule has 1 N–H and O–H groups in total. The van der Waals surface area contributed by atoms with Crippen molar-refractivity contribution in [3.8, 4) is 0 Å². The van der Waals surface area contributed by atoms with Crippen molar-refractivity contribution in [2.24, 2.45) is 5.92 Å². The van der Waals surface area contributed by atoms with Crippen LogP contribution in [0.2, 0.25) is 0 Å². The Balaban J connectivity index is 1.75. The first-order chi connectivity index (χ1) is 9.58. The lowest BCUT2D eigenvalue weighted by molar-refractivity contribution is -0.132. The maximum absolute atomic E-state index is 12.2. The topological polar surface area (TPSA) is 62.6 Å². The normalized spacial score (nSPS) is 14.3. The second-order valence-corrected chi connectivity index (χ2v) is 5.65. The Kier molecular flexibility index (Phi) is 4.82. The number of carbonyl (C=O) groups is 2. The van der Waals surface area contributed by atoms with Crippen LogP contribution in [-0.2, 0) is 4.79 Å². The van der Waals surface area contributed by atoms with Gasteiger partial charge in [0.1, 0.15) is 0 Å². The van der Waals surface area contributed by atoms with Crippen LogP contribution in [0.5, 0.6) is 0 Å². The predicted octanol–water partition coefficient (Wildman–Crippen LogP) is 2.05. The van der Waals surface area contributed by atoms with E-state index in [1.165, 1.54) is 6.26 Å². The van der Waals surface area contributed by atoms with E-state index in [4.69, 9.17) is 4.42 Å². The van der Waals surface area contributed by atoms with Gasteiger partial charge < -0.3 is 14.6 Å². The molecule has 1 heterocycles. The van der Waals surface area contributed by atoms with E-state index >= 15 is 0 Å². The van der Waals surface area contributed by atoms with Crippen LogP contribution in [0.1, 0.15) is 43.7 Å². The minimum atomic E-state index is -0.273. The highest BCUT2D eigenvalue weighted by atomic mass is 16.3. The van der Waals surface area contributed by atoms with Gasteiger partial charge in [-0.25, -0.2) is 0 Å². The van der Waals surface area contributed by atoms with Crippen LogP contribution >= 0.6 is 0 Å². The van der Waals surface area contributed by atoms with Crippen LogP contribution in [0.3, 0.4) is 0 Å². The summed E-state index contributed by atoms with van der Waals surface area (Å²) in [4.78, 5) is 25.8. The molecule has 0 aliphatic heterocycles. The lowest BCUT2D eigenvalue weighted by Crippen LogP contribution is -2.38. The molecule has 0 saturated heterocycles. The molecular weight excluding hydrogens is 256 g/mol. The highest BCUT2D eigenvalue weighted by Crippen LogP contribution is 2.28. The molecule has 1 saturated carbocycles. The number of carbonyl (C=O) groups excluding carboxylic acids is 2. The van der Waals surface area contributed by atoms with Crippen LogP contribution in [0.4, 0.5) is 0 Å². The van der Waals surface area contributed by atoms with Gasteiger partial charge in [0.05, 0.1) is 6.26 Å². The molecule has 20 heavy (non-hydrogen) atoms. The molecule has 1 aliphatic rings. The van der Waals surface area contributed by atoms with E-state index < -0.39 is 0 Å². The Morgan fingerprint density at radius 3 is 2.75 bits per heavy atom. The van der Waals surface area contributed by atoms with Gasteiger partial charge in [-0.05, 0) is 30.9 Å².